The van der Waals surface area contributed by atoms with Crippen LogP contribution in [-0.2, 0) is 11.2 Å². The lowest BCUT2D eigenvalue weighted by Crippen LogP contribution is -2.39. The Balaban J connectivity index is 1.67. The fourth-order valence-electron chi connectivity index (χ4n) is 2.99. The molecule has 4 nitrogen and oxygen atoms in total. The smallest absolute Gasteiger partial charge is 0.227 e. The van der Waals surface area contributed by atoms with Gasteiger partial charge in [-0.25, -0.2) is 4.98 Å². The van der Waals surface area contributed by atoms with Gasteiger partial charge in [-0.1, -0.05) is 0 Å². The molecule has 1 saturated heterocycles. The molecule has 1 N–H and O–H groups in total. The number of rotatable bonds is 4. The standard InChI is InChI=1S/C17H21N3OS/c1-18-16-10-14(4-6-19-16)15-3-2-7-20(11-15)17(21)9-13-5-8-22-12-13/h4-6,8,10,12,15H,2-3,7,9,11H2,1H3,(H,18,19)/t15-/m0/s1. The summed E-state index contributed by atoms with van der Waals surface area (Å²) in [6, 6.07) is 6.20. The van der Waals surface area contributed by atoms with Gasteiger partial charge in [-0.2, -0.15) is 11.3 Å². The molecule has 3 rings (SSSR count). The van der Waals surface area contributed by atoms with Crippen molar-refractivity contribution >= 4 is 23.1 Å². The van der Waals surface area contributed by atoms with Crippen molar-refractivity contribution in [2.75, 3.05) is 25.5 Å². The highest BCUT2D eigenvalue weighted by molar-refractivity contribution is 7.07. The van der Waals surface area contributed by atoms with Gasteiger partial charge in [-0.3, -0.25) is 4.79 Å². The molecule has 1 aliphatic heterocycles. The number of nitrogens with zero attached hydrogens (tertiary/aromatic N) is 2. The summed E-state index contributed by atoms with van der Waals surface area (Å²) >= 11 is 1.65. The van der Waals surface area contributed by atoms with Gasteiger partial charge < -0.3 is 10.2 Å². The van der Waals surface area contributed by atoms with Crippen molar-refractivity contribution < 1.29 is 4.79 Å². The Kier molecular flexibility index (Phi) is 4.73. The zero-order valence-electron chi connectivity index (χ0n) is 12.8. The van der Waals surface area contributed by atoms with Gasteiger partial charge in [0.1, 0.15) is 5.82 Å². The maximum absolute atomic E-state index is 12.5. The second-order valence-corrected chi connectivity index (χ2v) is 6.49. The molecular formula is C17H21N3OS. The maximum Gasteiger partial charge on any atom is 0.227 e. The van der Waals surface area contributed by atoms with Crippen LogP contribution in [0.15, 0.2) is 35.2 Å². The first kappa shape index (κ1) is 15.0. The summed E-state index contributed by atoms with van der Waals surface area (Å²) in [5, 5.41) is 7.16. The molecular weight excluding hydrogens is 294 g/mol. The lowest BCUT2D eigenvalue weighted by Gasteiger charge is -2.33. The Morgan fingerprint density at radius 1 is 1.50 bits per heavy atom. The highest BCUT2D eigenvalue weighted by atomic mass is 32.1. The maximum atomic E-state index is 12.5. The molecule has 116 valence electrons. The van der Waals surface area contributed by atoms with E-state index in [1.54, 1.807) is 11.3 Å². The topological polar surface area (TPSA) is 45.2 Å². The predicted molar refractivity (Wildman–Crippen MR) is 90.4 cm³/mol. The molecule has 0 radical (unpaired) electrons. The molecule has 1 aliphatic rings. The fourth-order valence-corrected chi connectivity index (χ4v) is 3.66. The number of aromatic nitrogens is 1. The highest BCUT2D eigenvalue weighted by Crippen LogP contribution is 2.28. The lowest BCUT2D eigenvalue weighted by atomic mass is 9.91. The van der Waals surface area contributed by atoms with Crippen LogP contribution < -0.4 is 5.32 Å². The fraction of sp³-hybridized carbons (Fsp3) is 0.412. The van der Waals surface area contributed by atoms with Crippen LogP contribution in [0.5, 0.6) is 0 Å². The minimum absolute atomic E-state index is 0.242. The third-order valence-electron chi connectivity index (χ3n) is 4.22. The van der Waals surface area contributed by atoms with Crippen molar-refractivity contribution in [2.45, 2.75) is 25.2 Å². The summed E-state index contributed by atoms with van der Waals surface area (Å²) in [5.74, 6) is 1.54. The van der Waals surface area contributed by atoms with E-state index in [1.165, 1.54) is 5.56 Å². The van der Waals surface area contributed by atoms with Gasteiger partial charge in [0, 0.05) is 32.3 Å². The van der Waals surface area contributed by atoms with E-state index in [2.05, 4.69) is 27.8 Å². The SMILES string of the molecule is CNc1cc([C@H]2CCCN(C(=O)Cc3ccsc3)C2)ccn1. The van der Waals surface area contributed by atoms with Gasteiger partial charge in [0.2, 0.25) is 5.91 Å². The number of thiophene rings is 1. The largest absolute Gasteiger partial charge is 0.373 e. The van der Waals surface area contributed by atoms with Crippen LogP contribution in [0.25, 0.3) is 0 Å². The molecule has 0 bridgehead atoms. The summed E-state index contributed by atoms with van der Waals surface area (Å²) in [7, 11) is 1.88. The molecule has 3 heterocycles. The van der Waals surface area contributed by atoms with Crippen LogP contribution in [0.4, 0.5) is 5.82 Å². The number of carbonyl (C=O) groups is 1. The zero-order chi connectivity index (χ0) is 15.4. The van der Waals surface area contributed by atoms with Gasteiger partial charge in [0.25, 0.3) is 0 Å². The Hall–Kier alpha value is -1.88. The molecule has 0 saturated carbocycles. The van der Waals surface area contributed by atoms with E-state index in [1.807, 2.05) is 29.6 Å². The normalized spacial score (nSPS) is 18.2. The first-order valence-corrected chi connectivity index (χ1v) is 8.63. The summed E-state index contributed by atoms with van der Waals surface area (Å²) in [6.07, 6.45) is 4.56. The molecule has 1 fully saturated rings. The quantitative estimate of drug-likeness (QED) is 0.943. The van der Waals surface area contributed by atoms with Crippen LogP contribution >= 0.6 is 11.3 Å². The first-order valence-electron chi connectivity index (χ1n) is 7.69. The molecule has 0 spiro atoms. The number of carbonyl (C=O) groups excluding carboxylic acids is 1. The number of anilines is 1. The van der Waals surface area contributed by atoms with Crippen molar-refractivity contribution in [3.05, 3.63) is 46.3 Å². The van der Waals surface area contributed by atoms with E-state index >= 15 is 0 Å². The Bertz CT molecular complexity index is 627. The van der Waals surface area contributed by atoms with Crippen LogP contribution in [0.1, 0.15) is 29.9 Å². The molecule has 1 amide bonds. The van der Waals surface area contributed by atoms with Crippen molar-refractivity contribution in [3.8, 4) is 0 Å². The molecule has 0 unspecified atom stereocenters. The molecule has 0 aromatic carbocycles. The van der Waals surface area contributed by atoms with Gasteiger partial charge in [-0.15, -0.1) is 0 Å². The third-order valence-corrected chi connectivity index (χ3v) is 4.95. The van der Waals surface area contributed by atoms with Crippen LogP contribution in [0.2, 0.25) is 0 Å². The van der Waals surface area contributed by atoms with Gasteiger partial charge in [0.15, 0.2) is 0 Å². The zero-order valence-corrected chi connectivity index (χ0v) is 13.6. The van der Waals surface area contributed by atoms with E-state index in [4.69, 9.17) is 0 Å². The summed E-state index contributed by atoms with van der Waals surface area (Å²) in [6.45, 7) is 1.69. The second-order valence-electron chi connectivity index (χ2n) is 5.71. The number of likely N-dealkylation sites (tertiary alicyclic amines) is 1. The van der Waals surface area contributed by atoms with Crippen molar-refractivity contribution in [1.29, 1.82) is 0 Å². The van der Waals surface area contributed by atoms with E-state index in [0.29, 0.717) is 12.3 Å². The van der Waals surface area contributed by atoms with Crippen molar-refractivity contribution in [1.82, 2.24) is 9.88 Å². The van der Waals surface area contributed by atoms with Crippen molar-refractivity contribution in [2.24, 2.45) is 0 Å². The Morgan fingerprint density at radius 2 is 2.41 bits per heavy atom. The molecule has 5 heteroatoms. The number of hydrogen-bond donors (Lipinski definition) is 1. The Morgan fingerprint density at radius 3 is 3.18 bits per heavy atom. The monoisotopic (exact) mass is 315 g/mol. The van der Waals surface area contributed by atoms with Crippen LogP contribution in [0.3, 0.4) is 0 Å². The van der Waals surface area contributed by atoms with Gasteiger partial charge in [0.05, 0.1) is 6.42 Å². The average molecular weight is 315 g/mol. The van der Waals surface area contributed by atoms with E-state index < -0.39 is 0 Å². The van der Waals surface area contributed by atoms with Gasteiger partial charge >= 0.3 is 0 Å². The third kappa shape index (κ3) is 3.47. The summed E-state index contributed by atoms with van der Waals surface area (Å²) in [5.41, 5.74) is 2.39. The van der Waals surface area contributed by atoms with E-state index in [0.717, 1.165) is 37.3 Å². The lowest BCUT2D eigenvalue weighted by molar-refractivity contribution is -0.131. The van der Waals surface area contributed by atoms with Gasteiger partial charge in [-0.05, 0) is 52.9 Å². The number of piperidine rings is 1. The average Bonchev–Trinajstić information content (AvgIpc) is 3.08. The summed E-state index contributed by atoms with van der Waals surface area (Å²) < 4.78 is 0. The Labute approximate surface area is 135 Å². The minimum atomic E-state index is 0.242. The molecule has 0 aliphatic carbocycles. The summed E-state index contributed by atoms with van der Waals surface area (Å²) in [4.78, 5) is 18.8. The molecule has 2 aromatic rings. The highest BCUT2D eigenvalue weighted by Gasteiger charge is 2.25. The number of nitrogens with one attached hydrogen (secondary N) is 1. The van der Waals surface area contributed by atoms with Crippen LogP contribution in [0, 0.1) is 0 Å². The second kappa shape index (κ2) is 6.92. The molecule has 2 aromatic heterocycles. The van der Waals surface area contributed by atoms with Crippen LogP contribution in [-0.4, -0.2) is 35.9 Å². The van der Waals surface area contributed by atoms with E-state index in [9.17, 15) is 4.79 Å². The van der Waals surface area contributed by atoms with E-state index in [-0.39, 0.29) is 5.91 Å². The van der Waals surface area contributed by atoms with Crippen molar-refractivity contribution in [3.63, 3.8) is 0 Å². The first-order chi connectivity index (χ1) is 10.8. The molecule has 1 atom stereocenters. The predicted octanol–water partition coefficient (Wildman–Crippen LogP) is 3.13. The number of pyridine rings is 1. The minimum Gasteiger partial charge on any atom is -0.373 e. The number of amides is 1. The molecule has 22 heavy (non-hydrogen) atoms. The number of hydrogen-bond acceptors (Lipinski definition) is 4.